The van der Waals surface area contributed by atoms with Gasteiger partial charge in [0.2, 0.25) is 0 Å². The van der Waals surface area contributed by atoms with Crippen molar-refractivity contribution in [1.29, 1.82) is 0 Å². The fourth-order valence-electron chi connectivity index (χ4n) is 2.78. The Balaban J connectivity index is 2.42. The summed E-state index contributed by atoms with van der Waals surface area (Å²) >= 11 is 9.12. The van der Waals surface area contributed by atoms with Crippen LogP contribution in [-0.4, -0.2) is 5.78 Å². The van der Waals surface area contributed by atoms with Crippen molar-refractivity contribution in [3.63, 3.8) is 0 Å². The summed E-state index contributed by atoms with van der Waals surface area (Å²) in [5.41, 5.74) is -0.246. The summed E-state index contributed by atoms with van der Waals surface area (Å²) < 4.78 is 14.4. The molecule has 0 bridgehead atoms. The number of hydrogen-bond acceptors (Lipinski definition) is 1. The van der Waals surface area contributed by atoms with Crippen LogP contribution in [0.25, 0.3) is 0 Å². The minimum Gasteiger partial charge on any atom is -0.293 e. The molecule has 1 fully saturated rings. The highest BCUT2D eigenvalue weighted by Gasteiger charge is 2.40. The number of benzene rings is 1. The van der Waals surface area contributed by atoms with E-state index < -0.39 is 5.82 Å². The zero-order chi connectivity index (χ0) is 13.3. The number of Topliss-reactive ketones (excluding diaryl/α,β-unsaturated/α-hetero) is 1. The molecule has 0 radical (unpaired) electrons. The lowest BCUT2D eigenvalue weighted by molar-refractivity contribution is 0.0786. The Morgan fingerprint density at radius 1 is 1.44 bits per heavy atom. The van der Waals surface area contributed by atoms with Gasteiger partial charge in [-0.15, -0.1) is 0 Å². The molecule has 1 aliphatic carbocycles. The monoisotopic (exact) mass is 332 g/mol. The van der Waals surface area contributed by atoms with Gasteiger partial charge in [0, 0.05) is 9.89 Å². The third kappa shape index (κ3) is 2.35. The van der Waals surface area contributed by atoms with Gasteiger partial charge in [-0.1, -0.05) is 31.4 Å². The average Bonchev–Trinajstić information content (AvgIpc) is 2.83. The van der Waals surface area contributed by atoms with Gasteiger partial charge in [-0.2, -0.15) is 0 Å². The third-order valence-electron chi connectivity index (χ3n) is 3.97. The van der Waals surface area contributed by atoms with Crippen molar-refractivity contribution in [3.8, 4) is 0 Å². The van der Waals surface area contributed by atoms with E-state index in [-0.39, 0.29) is 16.8 Å². The van der Waals surface area contributed by atoms with Crippen LogP contribution in [0.15, 0.2) is 16.6 Å². The summed E-state index contributed by atoms with van der Waals surface area (Å²) in [4.78, 5) is 12.6. The van der Waals surface area contributed by atoms with E-state index in [1.165, 1.54) is 12.1 Å². The van der Waals surface area contributed by atoms with E-state index in [9.17, 15) is 9.18 Å². The van der Waals surface area contributed by atoms with Gasteiger partial charge < -0.3 is 0 Å². The summed E-state index contributed by atoms with van der Waals surface area (Å²) in [5, 5.41) is 0.379. The summed E-state index contributed by atoms with van der Waals surface area (Å²) in [6.07, 6.45) is 4.57. The van der Waals surface area contributed by atoms with Crippen molar-refractivity contribution in [2.45, 2.75) is 39.0 Å². The number of rotatable bonds is 3. The number of carbonyl (C=O) groups is 1. The smallest absolute Gasteiger partial charge is 0.171 e. The Labute approximate surface area is 120 Å². The number of halogens is 3. The molecule has 2 rings (SSSR count). The fraction of sp³-hybridized carbons (Fsp3) is 0.500. The first-order valence-corrected chi connectivity index (χ1v) is 7.36. The normalized spacial score (nSPS) is 18.0. The van der Waals surface area contributed by atoms with E-state index in [4.69, 9.17) is 11.6 Å². The van der Waals surface area contributed by atoms with Crippen LogP contribution in [0, 0.1) is 11.2 Å². The Morgan fingerprint density at radius 3 is 2.61 bits per heavy atom. The topological polar surface area (TPSA) is 17.1 Å². The van der Waals surface area contributed by atoms with Crippen molar-refractivity contribution < 1.29 is 9.18 Å². The molecular weight excluding hydrogens is 319 g/mol. The van der Waals surface area contributed by atoms with Crippen LogP contribution in [0.1, 0.15) is 49.4 Å². The molecule has 1 nitrogen and oxygen atoms in total. The maximum atomic E-state index is 13.9. The van der Waals surface area contributed by atoms with Gasteiger partial charge in [-0.25, -0.2) is 4.39 Å². The summed E-state index contributed by atoms with van der Waals surface area (Å²) in [6.45, 7) is 2.00. The molecule has 4 heteroatoms. The average molecular weight is 334 g/mol. The Kier molecular flexibility index (Phi) is 4.12. The van der Waals surface area contributed by atoms with Gasteiger partial charge in [0.1, 0.15) is 5.82 Å². The molecule has 0 amide bonds. The van der Waals surface area contributed by atoms with Crippen molar-refractivity contribution in [1.82, 2.24) is 0 Å². The molecule has 98 valence electrons. The van der Waals surface area contributed by atoms with Crippen molar-refractivity contribution in [2.75, 3.05) is 0 Å². The number of ketones is 1. The van der Waals surface area contributed by atoms with Gasteiger partial charge in [0.15, 0.2) is 5.78 Å². The summed E-state index contributed by atoms with van der Waals surface area (Å²) in [7, 11) is 0. The van der Waals surface area contributed by atoms with Gasteiger partial charge in [-0.05, 0) is 47.3 Å². The second-order valence-corrected chi connectivity index (χ2v) is 6.18. The molecule has 0 saturated heterocycles. The SMILES string of the molecule is CCC1(C(=O)c2cc(Cl)c(Br)cc2F)CCCC1. The lowest BCUT2D eigenvalue weighted by atomic mass is 9.76. The number of hydrogen-bond donors (Lipinski definition) is 0. The predicted octanol–water partition coefficient (Wildman–Crippen LogP) is 5.39. The van der Waals surface area contributed by atoms with E-state index in [1.807, 2.05) is 6.92 Å². The second-order valence-electron chi connectivity index (χ2n) is 4.92. The first-order chi connectivity index (χ1) is 8.50. The van der Waals surface area contributed by atoms with Gasteiger partial charge >= 0.3 is 0 Å². The minimum atomic E-state index is -0.490. The highest BCUT2D eigenvalue weighted by atomic mass is 79.9. The third-order valence-corrected chi connectivity index (χ3v) is 5.17. The van der Waals surface area contributed by atoms with Gasteiger partial charge in [0.25, 0.3) is 0 Å². The second kappa shape index (κ2) is 5.30. The molecule has 0 atom stereocenters. The van der Waals surface area contributed by atoms with Crippen LogP contribution in [0.2, 0.25) is 5.02 Å². The van der Waals surface area contributed by atoms with Gasteiger partial charge in [-0.3, -0.25) is 4.79 Å². The zero-order valence-electron chi connectivity index (χ0n) is 10.2. The van der Waals surface area contributed by atoms with E-state index in [2.05, 4.69) is 15.9 Å². The first-order valence-electron chi connectivity index (χ1n) is 6.19. The quantitative estimate of drug-likeness (QED) is 0.535. The fourth-order valence-corrected chi connectivity index (χ4v) is 3.25. The van der Waals surface area contributed by atoms with Crippen LogP contribution < -0.4 is 0 Å². The van der Waals surface area contributed by atoms with E-state index >= 15 is 0 Å². The Hall–Kier alpha value is -0.410. The van der Waals surface area contributed by atoms with Crippen molar-refractivity contribution in [2.24, 2.45) is 5.41 Å². The van der Waals surface area contributed by atoms with Crippen molar-refractivity contribution >= 4 is 33.3 Å². The highest BCUT2D eigenvalue weighted by Crippen LogP contribution is 2.44. The lowest BCUT2D eigenvalue weighted by Gasteiger charge is -2.26. The van der Waals surface area contributed by atoms with Crippen LogP contribution in [0.5, 0.6) is 0 Å². The number of carbonyl (C=O) groups excluding carboxylic acids is 1. The van der Waals surface area contributed by atoms with E-state index in [0.717, 1.165) is 32.1 Å². The van der Waals surface area contributed by atoms with Crippen molar-refractivity contribution in [3.05, 3.63) is 33.0 Å². The molecular formula is C14H15BrClFO. The van der Waals surface area contributed by atoms with E-state index in [1.54, 1.807) is 0 Å². The highest BCUT2D eigenvalue weighted by molar-refractivity contribution is 9.10. The van der Waals surface area contributed by atoms with Crippen LogP contribution >= 0.6 is 27.5 Å². The zero-order valence-corrected chi connectivity index (χ0v) is 12.6. The summed E-state index contributed by atoms with van der Waals surface area (Å²) in [5.74, 6) is -0.578. The molecule has 0 spiro atoms. The minimum absolute atomic E-state index is 0.0885. The molecule has 1 aromatic carbocycles. The molecule has 0 unspecified atom stereocenters. The maximum Gasteiger partial charge on any atom is 0.171 e. The maximum absolute atomic E-state index is 13.9. The Morgan fingerprint density at radius 2 is 2.06 bits per heavy atom. The molecule has 0 aliphatic heterocycles. The van der Waals surface area contributed by atoms with Gasteiger partial charge in [0.05, 0.1) is 10.6 Å². The van der Waals surface area contributed by atoms with Crippen LogP contribution in [0.3, 0.4) is 0 Å². The van der Waals surface area contributed by atoms with Crippen LogP contribution in [-0.2, 0) is 0 Å². The molecule has 18 heavy (non-hydrogen) atoms. The summed E-state index contributed by atoms with van der Waals surface area (Å²) in [6, 6.07) is 2.72. The Bertz CT molecular complexity index is 481. The molecule has 1 aliphatic rings. The van der Waals surface area contributed by atoms with Crippen LogP contribution in [0.4, 0.5) is 4.39 Å². The standard InChI is InChI=1S/C14H15BrClFO/c1-2-14(5-3-4-6-14)13(18)9-7-11(16)10(15)8-12(9)17/h7-8H,2-6H2,1H3. The van der Waals surface area contributed by atoms with E-state index in [0.29, 0.717) is 9.50 Å². The largest absolute Gasteiger partial charge is 0.293 e. The first kappa shape index (κ1) is 14.0. The molecule has 0 aromatic heterocycles. The lowest BCUT2D eigenvalue weighted by Crippen LogP contribution is -2.28. The molecule has 0 heterocycles. The predicted molar refractivity (Wildman–Crippen MR) is 74.6 cm³/mol. The molecule has 1 saturated carbocycles. The molecule has 1 aromatic rings. The molecule has 0 N–H and O–H groups in total.